The molecule has 0 bridgehead atoms. The molecule has 176 valence electrons. The average molecular weight is 453 g/mol. The Balaban J connectivity index is 1.39. The SMILES string of the molecule is COc1ccc(-c2cc3c(=O)n(CC(=O)NCCCN4CCC[C@H](C)C4)nc(C)n3n2)cc1. The predicted molar refractivity (Wildman–Crippen MR) is 126 cm³/mol. The van der Waals surface area contributed by atoms with Gasteiger partial charge in [-0.05, 0) is 75.5 Å². The van der Waals surface area contributed by atoms with Gasteiger partial charge in [0.2, 0.25) is 5.91 Å². The Morgan fingerprint density at radius 2 is 2.03 bits per heavy atom. The fourth-order valence-corrected chi connectivity index (χ4v) is 4.40. The summed E-state index contributed by atoms with van der Waals surface area (Å²) in [4.78, 5) is 27.9. The van der Waals surface area contributed by atoms with Crippen LogP contribution in [0, 0.1) is 12.8 Å². The van der Waals surface area contributed by atoms with Crippen LogP contribution in [-0.2, 0) is 11.3 Å². The van der Waals surface area contributed by atoms with E-state index in [4.69, 9.17) is 4.74 Å². The highest BCUT2D eigenvalue weighted by molar-refractivity contribution is 5.75. The van der Waals surface area contributed by atoms with Gasteiger partial charge in [-0.3, -0.25) is 9.59 Å². The molecule has 3 heterocycles. The first-order valence-corrected chi connectivity index (χ1v) is 11.6. The molecule has 1 amide bonds. The van der Waals surface area contributed by atoms with Gasteiger partial charge in [-0.25, -0.2) is 9.20 Å². The van der Waals surface area contributed by atoms with Crippen molar-refractivity contribution in [3.05, 3.63) is 46.5 Å². The zero-order valence-electron chi connectivity index (χ0n) is 19.6. The third-order valence-corrected chi connectivity index (χ3v) is 6.13. The highest BCUT2D eigenvalue weighted by Gasteiger charge is 2.17. The van der Waals surface area contributed by atoms with E-state index in [9.17, 15) is 9.59 Å². The molecule has 0 spiro atoms. The van der Waals surface area contributed by atoms with E-state index in [1.807, 2.05) is 24.3 Å². The number of fused-ring (bicyclic) bond motifs is 1. The van der Waals surface area contributed by atoms with Gasteiger partial charge in [0.25, 0.3) is 5.56 Å². The molecular formula is C24H32N6O3. The minimum absolute atomic E-state index is 0.111. The molecule has 9 heteroatoms. The van der Waals surface area contributed by atoms with E-state index < -0.39 is 0 Å². The number of carbonyl (C=O) groups is 1. The third-order valence-electron chi connectivity index (χ3n) is 6.13. The lowest BCUT2D eigenvalue weighted by Gasteiger charge is -2.30. The molecule has 0 aliphatic carbocycles. The average Bonchev–Trinajstić information content (AvgIpc) is 3.27. The van der Waals surface area contributed by atoms with Crippen molar-refractivity contribution in [3.8, 4) is 17.0 Å². The summed E-state index contributed by atoms with van der Waals surface area (Å²) in [6.07, 6.45) is 3.45. The van der Waals surface area contributed by atoms with Crippen molar-refractivity contribution < 1.29 is 9.53 Å². The number of aromatic nitrogens is 4. The van der Waals surface area contributed by atoms with E-state index in [2.05, 4.69) is 27.3 Å². The molecule has 3 aromatic rings. The smallest absolute Gasteiger partial charge is 0.293 e. The molecular weight excluding hydrogens is 420 g/mol. The minimum Gasteiger partial charge on any atom is -0.497 e. The van der Waals surface area contributed by atoms with Gasteiger partial charge < -0.3 is 15.0 Å². The number of nitrogens with one attached hydrogen (secondary N) is 1. The van der Waals surface area contributed by atoms with Crippen LogP contribution in [0.15, 0.2) is 35.1 Å². The van der Waals surface area contributed by atoms with Crippen LogP contribution in [0.2, 0.25) is 0 Å². The molecule has 1 aliphatic rings. The summed E-state index contributed by atoms with van der Waals surface area (Å²) in [7, 11) is 1.61. The number of benzene rings is 1. The van der Waals surface area contributed by atoms with Crippen molar-refractivity contribution in [1.82, 2.24) is 29.6 Å². The molecule has 1 fully saturated rings. The van der Waals surface area contributed by atoms with Crippen molar-refractivity contribution in [2.45, 2.75) is 39.7 Å². The Morgan fingerprint density at radius 3 is 2.76 bits per heavy atom. The van der Waals surface area contributed by atoms with E-state index in [0.29, 0.717) is 23.6 Å². The molecule has 0 unspecified atom stereocenters. The number of nitrogens with zero attached hydrogens (tertiary/aromatic N) is 5. The Morgan fingerprint density at radius 1 is 1.24 bits per heavy atom. The van der Waals surface area contributed by atoms with Crippen molar-refractivity contribution in [2.24, 2.45) is 5.92 Å². The minimum atomic E-state index is -0.342. The summed E-state index contributed by atoms with van der Waals surface area (Å²) in [5.41, 5.74) is 1.57. The fourth-order valence-electron chi connectivity index (χ4n) is 4.40. The van der Waals surface area contributed by atoms with Crippen LogP contribution < -0.4 is 15.6 Å². The van der Waals surface area contributed by atoms with Crippen LogP contribution in [0.4, 0.5) is 0 Å². The van der Waals surface area contributed by atoms with E-state index in [0.717, 1.165) is 43.3 Å². The molecule has 1 aliphatic heterocycles. The van der Waals surface area contributed by atoms with Crippen LogP contribution in [0.3, 0.4) is 0 Å². The van der Waals surface area contributed by atoms with Crippen molar-refractivity contribution >= 4 is 11.4 Å². The summed E-state index contributed by atoms with van der Waals surface area (Å²) in [6.45, 7) is 7.80. The largest absolute Gasteiger partial charge is 0.497 e. The third kappa shape index (κ3) is 5.42. The molecule has 9 nitrogen and oxygen atoms in total. The number of aryl methyl sites for hydroxylation is 1. The second-order valence-corrected chi connectivity index (χ2v) is 8.82. The second kappa shape index (κ2) is 10.2. The first-order valence-electron chi connectivity index (χ1n) is 11.6. The lowest BCUT2D eigenvalue weighted by Crippen LogP contribution is -2.38. The second-order valence-electron chi connectivity index (χ2n) is 8.82. The molecule has 1 N–H and O–H groups in total. The van der Waals surface area contributed by atoms with Crippen molar-refractivity contribution in [3.63, 3.8) is 0 Å². The van der Waals surface area contributed by atoms with Gasteiger partial charge in [0.15, 0.2) is 0 Å². The Hall–Kier alpha value is -3.20. The molecule has 0 saturated carbocycles. The summed E-state index contributed by atoms with van der Waals surface area (Å²) in [5, 5.41) is 11.7. The Labute approximate surface area is 193 Å². The summed E-state index contributed by atoms with van der Waals surface area (Å²) >= 11 is 0. The lowest BCUT2D eigenvalue weighted by molar-refractivity contribution is -0.121. The number of ether oxygens (including phenoxy) is 1. The number of rotatable bonds is 8. The normalized spacial score (nSPS) is 16.8. The maximum atomic E-state index is 13.0. The first-order chi connectivity index (χ1) is 15.9. The van der Waals surface area contributed by atoms with E-state index in [-0.39, 0.29) is 18.0 Å². The first kappa shape index (κ1) is 23.0. The van der Waals surface area contributed by atoms with Crippen molar-refractivity contribution in [2.75, 3.05) is 33.3 Å². The van der Waals surface area contributed by atoms with Gasteiger partial charge in [-0.1, -0.05) is 6.92 Å². The number of likely N-dealkylation sites (tertiary alicyclic amines) is 1. The quantitative estimate of drug-likeness (QED) is 0.526. The number of amides is 1. The maximum absolute atomic E-state index is 13.0. The monoisotopic (exact) mass is 452 g/mol. The maximum Gasteiger partial charge on any atom is 0.293 e. The Kier molecular flexibility index (Phi) is 7.08. The van der Waals surface area contributed by atoms with Crippen LogP contribution in [0.25, 0.3) is 16.8 Å². The van der Waals surface area contributed by atoms with Crippen LogP contribution >= 0.6 is 0 Å². The molecule has 0 radical (unpaired) electrons. The molecule has 2 aromatic heterocycles. The molecule has 1 atom stereocenters. The van der Waals surface area contributed by atoms with Gasteiger partial charge in [0.05, 0.1) is 12.8 Å². The lowest BCUT2D eigenvalue weighted by atomic mass is 10.0. The van der Waals surface area contributed by atoms with Crippen LogP contribution in [0.1, 0.15) is 32.0 Å². The Bertz CT molecular complexity index is 1170. The number of hydrogen-bond acceptors (Lipinski definition) is 6. The zero-order chi connectivity index (χ0) is 23.4. The molecule has 1 aromatic carbocycles. The number of hydrogen-bond donors (Lipinski definition) is 1. The van der Waals surface area contributed by atoms with E-state index in [1.165, 1.54) is 22.0 Å². The van der Waals surface area contributed by atoms with Gasteiger partial charge >= 0.3 is 0 Å². The van der Waals surface area contributed by atoms with Gasteiger partial charge in [0.1, 0.15) is 23.6 Å². The summed E-state index contributed by atoms with van der Waals surface area (Å²) < 4.78 is 7.93. The van der Waals surface area contributed by atoms with Gasteiger partial charge in [0, 0.05) is 18.7 Å². The highest BCUT2D eigenvalue weighted by Crippen LogP contribution is 2.22. The molecule has 33 heavy (non-hydrogen) atoms. The van der Waals surface area contributed by atoms with E-state index >= 15 is 0 Å². The van der Waals surface area contributed by atoms with Crippen LogP contribution in [-0.4, -0.2) is 63.5 Å². The fraction of sp³-hybridized carbons (Fsp3) is 0.500. The van der Waals surface area contributed by atoms with Gasteiger partial charge in [-0.15, -0.1) is 0 Å². The molecule has 4 rings (SSSR count). The standard InChI is InChI=1S/C24H32N6O3/c1-17-6-4-12-28(15-17)13-5-11-25-23(31)16-29-24(32)22-14-21(27-30(22)18(2)26-29)19-7-9-20(33-3)10-8-19/h7-10,14,17H,4-6,11-13,15-16H2,1-3H3,(H,25,31)/t17-/m0/s1. The number of piperidine rings is 1. The number of carbonyl (C=O) groups excluding carboxylic acids is 1. The van der Waals surface area contributed by atoms with E-state index in [1.54, 1.807) is 20.1 Å². The predicted octanol–water partition coefficient (Wildman–Crippen LogP) is 2.11. The summed E-state index contributed by atoms with van der Waals surface area (Å²) in [5.74, 6) is 1.82. The summed E-state index contributed by atoms with van der Waals surface area (Å²) in [6, 6.07) is 9.20. The topological polar surface area (TPSA) is 93.8 Å². The van der Waals surface area contributed by atoms with Crippen molar-refractivity contribution in [1.29, 1.82) is 0 Å². The number of methoxy groups -OCH3 is 1. The zero-order valence-corrected chi connectivity index (χ0v) is 19.6. The van der Waals surface area contributed by atoms with Crippen LogP contribution in [0.5, 0.6) is 5.75 Å². The van der Waals surface area contributed by atoms with Gasteiger partial charge in [-0.2, -0.15) is 10.2 Å². The highest BCUT2D eigenvalue weighted by atomic mass is 16.5. The molecule has 1 saturated heterocycles.